The van der Waals surface area contributed by atoms with Crippen molar-refractivity contribution in [3.8, 4) is 0 Å². The molecule has 1 aromatic heterocycles. The van der Waals surface area contributed by atoms with Crippen molar-refractivity contribution in [2.45, 2.75) is 57.4 Å². The molecule has 3 rings (SSSR count). The largest absolute Gasteiger partial charge is 0.468 e. The van der Waals surface area contributed by atoms with Crippen molar-refractivity contribution in [1.29, 1.82) is 0 Å². The molecule has 20 heavy (non-hydrogen) atoms. The summed E-state index contributed by atoms with van der Waals surface area (Å²) in [5, 5.41) is 3.57. The lowest BCUT2D eigenvalue weighted by Gasteiger charge is -2.23. The highest BCUT2D eigenvalue weighted by atomic mass is 16.5. The summed E-state index contributed by atoms with van der Waals surface area (Å²) in [5.41, 5.74) is 0. The first-order chi connectivity index (χ1) is 9.83. The molecule has 2 fully saturated rings. The van der Waals surface area contributed by atoms with E-state index in [9.17, 15) is 0 Å². The summed E-state index contributed by atoms with van der Waals surface area (Å²) in [6, 6.07) is 4.78. The van der Waals surface area contributed by atoms with E-state index in [2.05, 4.69) is 17.1 Å². The standard InChI is InChI=1S/C16H26N2O2/c1-2-18(11-15-4-3-9-19-15)12-16-8-7-14(20-16)10-17-13-5-6-13/h3-4,9,13-14,16-17H,2,5-8,10-12H2,1H3. The number of ether oxygens (including phenoxy) is 1. The lowest BCUT2D eigenvalue weighted by molar-refractivity contribution is 0.0216. The molecular weight excluding hydrogens is 252 g/mol. The van der Waals surface area contributed by atoms with Crippen LogP contribution in [-0.2, 0) is 11.3 Å². The third-order valence-corrected chi connectivity index (χ3v) is 4.28. The quantitative estimate of drug-likeness (QED) is 0.792. The molecule has 1 saturated heterocycles. The van der Waals surface area contributed by atoms with E-state index in [-0.39, 0.29) is 0 Å². The smallest absolute Gasteiger partial charge is 0.117 e. The van der Waals surface area contributed by atoms with Crippen LogP contribution in [0.2, 0.25) is 0 Å². The number of hydrogen-bond acceptors (Lipinski definition) is 4. The zero-order valence-corrected chi connectivity index (χ0v) is 12.4. The Morgan fingerprint density at radius 3 is 2.80 bits per heavy atom. The zero-order chi connectivity index (χ0) is 13.8. The van der Waals surface area contributed by atoms with Gasteiger partial charge in [-0.1, -0.05) is 6.92 Å². The van der Waals surface area contributed by atoms with Gasteiger partial charge in [-0.05, 0) is 44.4 Å². The fraction of sp³-hybridized carbons (Fsp3) is 0.750. The molecule has 1 aliphatic heterocycles. The van der Waals surface area contributed by atoms with Crippen LogP contribution in [0, 0.1) is 0 Å². The molecule has 4 heteroatoms. The third-order valence-electron chi connectivity index (χ3n) is 4.28. The summed E-state index contributed by atoms with van der Waals surface area (Å²) >= 11 is 0. The predicted octanol–water partition coefficient (Wildman–Crippen LogP) is 2.40. The van der Waals surface area contributed by atoms with Crippen molar-refractivity contribution >= 4 is 0 Å². The Morgan fingerprint density at radius 2 is 2.10 bits per heavy atom. The SMILES string of the molecule is CCN(Cc1ccco1)CC1CCC(CNC2CC2)O1. The number of likely N-dealkylation sites (N-methyl/N-ethyl adjacent to an activating group) is 1. The normalized spacial score (nSPS) is 26.5. The van der Waals surface area contributed by atoms with E-state index in [0.717, 1.165) is 38.0 Å². The van der Waals surface area contributed by atoms with Crippen molar-refractivity contribution in [2.24, 2.45) is 0 Å². The van der Waals surface area contributed by atoms with E-state index >= 15 is 0 Å². The van der Waals surface area contributed by atoms with Gasteiger partial charge in [-0.3, -0.25) is 4.90 Å². The Hall–Kier alpha value is -0.840. The topological polar surface area (TPSA) is 37.6 Å². The van der Waals surface area contributed by atoms with Crippen molar-refractivity contribution in [1.82, 2.24) is 10.2 Å². The van der Waals surface area contributed by atoms with Crippen LogP contribution in [0.3, 0.4) is 0 Å². The van der Waals surface area contributed by atoms with Gasteiger partial charge in [-0.2, -0.15) is 0 Å². The second-order valence-electron chi connectivity index (χ2n) is 6.05. The maximum atomic E-state index is 6.16. The first-order valence-corrected chi connectivity index (χ1v) is 7.97. The molecule has 1 aromatic rings. The zero-order valence-electron chi connectivity index (χ0n) is 12.4. The van der Waals surface area contributed by atoms with Crippen LogP contribution < -0.4 is 5.32 Å². The summed E-state index contributed by atoms with van der Waals surface area (Å²) < 4.78 is 11.6. The van der Waals surface area contributed by atoms with Crippen molar-refractivity contribution in [3.05, 3.63) is 24.2 Å². The second kappa shape index (κ2) is 6.74. The van der Waals surface area contributed by atoms with Gasteiger partial charge in [0.25, 0.3) is 0 Å². The molecule has 0 bridgehead atoms. The Labute approximate surface area is 121 Å². The molecule has 0 radical (unpaired) electrons. The number of nitrogens with one attached hydrogen (secondary N) is 1. The Bertz CT molecular complexity index is 389. The predicted molar refractivity (Wildman–Crippen MR) is 78.6 cm³/mol. The van der Waals surface area contributed by atoms with Crippen LogP contribution in [0.4, 0.5) is 0 Å². The molecule has 1 aliphatic carbocycles. The lowest BCUT2D eigenvalue weighted by Crippen LogP contribution is -2.34. The van der Waals surface area contributed by atoms with Gasteiger partial charge < -0.3 is 14.5 Å². The van der Waals surface area contributed by atoms with E-state index in [4.69, 9.17) is 9.15 Å². The number of furan rings is 1. The van der Waals surface area contributed by atoms with Crippen molar-refractivity contribution in [3.63, 3.8) is 0 Å². The summed E-state index contributed by atoms with van der Waals surface area (Å²) in [4.78, 5) is 2.40. The van der Waals surface area contributed by atoms with Gasteiger partial charge in [-0.15, -0.1) is 0 Å². The molecule has 1 saturated carbocycles. The van der Waals surface area contributed by atoms with Crippen LogP contribution in [0.25, 0.3) is 0 Å². The molecule has 2 atom stereocenters. The van der Waals surface area contributed by atoms with E-state index in [1.54, 1.807) is 6.26 Å². The van der Waals surface area contributed by atoms with E-state index in [0.29, 0.717) is 12.2 Å². The number of hydrogen-bond donors (Lipinski definition) is 1. The van der Waals surface area contributed by atoms with Crippen LogP contribution >= 0.6 is 0 Å². The molecule has 0 spiro atoms. The molecule has 2 heterocycles. The molecule has 4 nitrogen and oxygen atoms in total. The molecule has 2 aliphatic rings. The molecule has 1 N–H and O–H groups in total. The highest BCUT2D eigenvalue weighted by molar-refractivity contribution is 4.98. The molecule has 2 unspecified atom stereocenters. The van der Waals surface area contributed by atoms with Crippen LogP contribution in [0.1, 0.15) is 38.4 Å². The first-order valence-electron chi connectivity index (χ1n) is 7.97. The number of nitrogens with zero attached hydrogens (tertiary/aromatic N) is 1. The minimum absolute atomic E-state index is 0.385. The molecule has 112 valence electrons. The van der Waals surface area contributed by atoms with Crippen molar-refractivity contribution < 1.29 is 9.15 Å². The minimum Gasteiger partial charge on any atom is -0.468 e. The van der Waals surface area contributed by atoms with Gasteiger partial charge in [0, 0.05) is 19.1 Å². The average molecular weight is 278 g/mol. The Balaban J connectivity index is 1.39. The van der Waals surface area contributed by atoms with Crippen LogP contribution in [0.15, 0.2) is 22.8 Å². The average Bonchev–Trinajstić information content (AvgIpc) is 2.96. The van der Waals surface area contributed by atoms with E-state index < -0.39 is 0 Å². The van der Waals surface area contributed by atoms with E-state index in [1.165, 1.54) is 25.7 Å². The maximum Gasteiger partial charge on any atom is 0.117 e. The summed E-state index contributed by atoms with van der Waals surface area (Å²) in [7, 11) is 0. The summed E-state index contributed by atoms with van der Waals surface area (Å²) in [6.45, 7) is 6.16. The Morgan fingerprint density at radius 1 is 1.25 bits per heavy atom. The maximum absolute atomic E-state index is 6.16. The fourth-order valence-corrected chi connectivity index (χ4v) is 2.87. The van der Waals surface area contributed by atoms with Gasteiger partial charge in [0.15, 0.2) is 0 Å². The van der Waals surface area contributed by atoms with Gasteiger partial charge in [-0.25, -0.2) is 0 Å². The fourth-order valence-electron chi connectivity index (χ4n) is 2.87. The highest BCUT2D eigenvalue weighted by Crippen LogP contribution is 2.23. The van der Waals surface area contributed by atoms with Crippen molar-refractivity contribution in [2.75, 3.05) is 19.6 Å². The minimum atomic E-state index is 0.385. The molecule has 0 aromatic carbocycles. The van der Waals surface area contributed by atoms with Gasteiger partial charge in [0.2, 0.25) is 0 Å². The third kappa shape index (κ3) is 4.08. The Kier molecular flexibility index (Phi) is 4.76. The van der Waals surface area contributed by atoms with Gasteiger partial charge >= 0.3 is 0 Å². The van der Waals surface area contributed by atoms with E-state index in [1.807, 2.05) is 12.1 Å². The lowest BCUT2D eigenvalue weighted by atomic mass is 10.2. The van der Waals surface area contributed by atoms with Gasteiger partial charge in [0.1, 0.15) is 5.76 Å². The highest BCUT2D eigenvalue weighted by Gasteiger charge is 2.28. The first kappa shape index (κ1) is 14.1. The van der Waals surface area contributed by atoms with Crippen LogP contribution in [-0.4, -0.2) is 42.8 Å². The van der Waals surface area contributed by atoms with Gasteiger partial charge in [0.05, 0.1) is 25.0 Å². The van der Waals surface area contributed by atoms with Crippen LogP contribution in [0.5, 0.6) is 0 Å². The number of rotatable bonds is 8. The molecule has 0 amide bonds. The molecular formula is C16H26N2O2. The summed E-state index contributed by atoms with van der Waals surface area (Å²) in [6.07, 6.45) is 7.63. The monoisotopic (exact) mass is 278 g/mol. The summed E-state index contributed by atoms with van der Waals surface area (Å²) in [5.74, 6) is 1.04. The second-order valence-corrected chi connectivity index (χ2v) is 6.05.